The summed E-state index contributed by atoms with van der Waals surface area (Å²) in [7, 11) is 4.88. The minimum Gasteiger partial charge on any atom is -0.497 e. The summed E-state index contributed by atoms with van der Waals surface area (Å²) < 4.78 is 16.1. The van der Waals surface area contributed by atoms with Gasteiger partial charge < -0.3 is 19.5 Å². The second kappa shape index (κ2) is 10.1. The molecule has 0 aromatic heterocycles. The average Bonchev–Trinajstić information content (AvgIpc) is 2.80. The highest BCUT2D eigenvalue weighted by molar-refractivity contribution is 5.95. The second-order valence-electron chi connectivity index (χ2n) is 8.19. The molecule has 168 valence electrons. The van der Waals surface area contributed by atoms with Crippen LogP contribution in [0, 0.1) is 13.8 Å². The number of methoxy groups -OCH3 is 3. The Kier molecular flexibility index (Phi) is 7.44. The molecule has 0 radical (unpaired) electrons. The summed E-state index contributed by atoms with van der Waals surface area (Å²) >= 11 is 0. The van der Waals surface area contributed by atoms with E-state index in [4.69, 9.17) is 14.2 Å². The Labute approximate surface area is 185 Å². The highest BCUT2D eigenvalue weighted by Crippen LogP contribution is 2.32. The van der Waals surface area contributed by atoms with Gasteiger partial charge in [-0.15, -0.1) is 0 Å². The van der Waals surface area contributed by atoms with Crippen molar-refractivity contribution in [1.29, 1.82) is 0 Å². The van der Waals surface area contributed by atoms with Crippen molar-refractivity contribution in [3.05, 3.63) is 52.6 Å². The van der Waals surface area contributed by atoms with Crippen molar-refractivity contribution in [3.63, 3.8) is 0 Å². The highest BCUT2D eigenvalue weighted by Gasteiger charge is 2.27. The van der Waals surface area contributed by atoms with Gasteiger partial charge in [-0.3, -0.25) is 9.69 Å². The summed E-state index contributed by atoms with van der Waals surface area (Å²) in [6.07, 6.45) is 2.02. The molecule has 1 aliphatic heterocycles. The van der Waals surface area contributed by atoms with E-state index in [-0.39, 0.29) is 18.0 Å². The maximum atomic E-state index is 12.9. The lowest BCUT2D eigenvalue weighted by Crippen LogP contribution is -2.48. The lowest BCUT2D eigenvalue weighted by atomic mass is 9.94. The third-order valence-corrected chi connectivity index (χ3v) is 6.40. The Bertz CT molecular complexity index is 906. The van der Waals surface area contributed by atoms with E-state index in [1.54, 1.807) is 39.5 Å². The maximum Gasteiger partial charge on any atom is 0.251 e. The fourth-order valence-corrected chi connectivity index (χ4v) is 4.37. The molecule has 0 bridgehead atoms. The number of piperidine rings is 1. The standard InChI is InChI=1S/C25H34N2O4/c1-16-17(2)24(31-6)10-9-23(16)18(3)27-11-7-8-20(15-27)26-25(28)19-12-21(29-4)14-22(13-19)30-5/h9-10,12-14,18,20H,7-8,11,15H2,1-6H3,(H,26,28)/t18-,20-/m0/s1. The summed E-state index contributed by atoms with van der Waals surface area (Å²) in [4.78, 5) is 15.4. The van der Waals surface area contributed by atoms with Gasteiger partial charge >= 0.3 is 0 Å². The summed E-state index contributed by atoms with van der Waals surface area (Å²) in [6.45, 7) is 8.34. The van der Waals surface area contributed by atoms with Crippen LogP contribution in [0.4, 0.5) is 0 Å². The Hall–Kier alpha value is -2.73. The maximum absolute atomic E-state index is 12.9. The normalized spacial score (nSPS) is 17.7. The summed E-state index contributed by atoms with van der Waals surface area (Å²) in [6, 6.07) is 9.82. The van der Waals surface area contributed by atoms with Crippen LogP contribution in [0.25, 0.3) is 0 Å². The smallest absolute Gasteiger partial charge is 0.251 e. The van der Waals surface area contributed by atoms with Gasteiger partial charge in [0.15, 0.2) is 0 Å². The Morgan fingerprint density at radius 2 is 1.71 bits per heavy atom. The minimum absolute atomic E-state index is 0.0977. The van der Waals surface area contributed by atoms with Crippen molar-refractivity contribution in [2.75, 3.05) is 34.4 Å². The third kappa shape index (κ3) is 5.13. The van der Waals surface area contributed by atoms with Crippen LogP contribution >= 0.6 is 0 Å². The summed E-state index contributed by atoms with van der Waals surface area (Å²) in [5.74, 6) is 2.03. The number of benzene rings is 2. The van der Waals surface area contributed by atoms with Crippen LogP contribution in [0.1, 0.15) is 52.9 Å². The largest absolute Gasteiger partial charge is 0.497 e. The van der Waals surface area contributed by atoms with Crippen LogP contribution in [-0.2, 0) is 0 Å². The molecule has 31 heavy (non-hydrogen) atoms. The quantitative estimate of drug-likeness (QED) is 0.716. The molecule has 0 aliphatic carbocycles. The van der Waals surface area contributed by atoms with Crippen molar-refractivity contribution in [3.8, 4) is 17.2 Å². The van der Waals surface area contributed by atoms with Crippen molar-refractivity contribution in [1.82, 2.24) is 10.2 Å². The van der Waals surface area contributed by atoms with Gasteiger partial charge in [-0.25, -0.2) is 0 Å². The van der Waals surface area contributed by atoms with Gasteiger partial charge in [0.2, 0.25) is 0 Å². The Balaban J connectivity index is 1.71. The first-order valence-corrected chi connectivity index (χ1v) is 10.8. The van der Waals surface area contributed by atoms with Crippen LogP contribution in [0.3, 0.4) is 0 Å². The lowest BCUT2D eigenvalue weighted by Gasteiger charge is -2.38. The molecule has 1 fully saturated rings. The molecule has 2 aromatic carbocycles. The van der Waals surface area contributed by atoms with E-state index >= 15 is 0 Å². The molecule has 0 unspecified atom stereocenters. The highest BCUT2D eigenvalue weighted by atomic mass is 16.5. The van der Waals surface area contributed by atoms with E-state index in [0.29, 0.717) is 17.1 Å². The van der Waals surface area contributed by atoms with Gasteiger partial charge in [0, 0.05) is 30.3 Å². The molecular formula is C25H34N2O4. The topological polar surface area (TPSA) is 60.0 Å². The molecule has 0 spiro atoms. The van der Waals surface area contributed by atoms with Gasteiger partial charge in [0.1, 0.15) is 17.2 Å². The van der Waals surface area contributed by atoms with Crippen LogP contribution in [0.15, 0.2) is 30.3 Å². The van der Waals surface area contributed by atoms with Gasteiger partial charge in [-0.2, -0.15) is 0 Å². The zero-order chi connectivity index (χ0) is 22.5. The number of ether oxygens (including phenoxy) is 3. The van der Waals surface area contributed by atoms with Gasteiger partial charge in [0.05, 0.1) is 21.3 Å². The molecule has 1 heterocycles. The first-order chi connectivity index (χ1) is 14.9. The molecule has 1 N–H and O–H groups in total. The second-order valence-corrected chi connectivity index (χ2v) is 8.19. The molecule has 1 saturated heterocycles. The number of carbonyl (C=O) groups is 1. The molecule has 2 atom stereocenters. The van der Waals surface area contributed by atoms with Crippen molar-refractivity contribution in [2.45, 2.75) is 45.7 Å². The molecular weight excluding hydrogens is 392 g/mol. The number of amides is 1. The van der Waals surface area contributed by atoms with Crippen LogP contribution in [0.5, 0.6) is 17.2 Å². The molecule has 1 aliphatic rings. The summed E-state index contributed by atoms with van der Waals surface area (Å²) in [5.41, 5.74) is 4.30. The number of hydrogen-bond donors (Lipinski definition) is 1. The molecule has 2 aromatic rings. The third-order valence-electron chi connectivity index (χ3n) is 6.40. The number of nitrogens with one attached hydrogen (secondary N) is 1. The lowest BCUT2D eigenvalue weighted by molar-refractivity contribution is 0.0879. The number of likely N-dealkylation sites (tertiary alicyclic amines) is 1. The van der Waals surface area contributed by atoms with E-state index in [0.717, 1.165) is 31.7 Å². The fourth-order valence-electron chi connectivity index (χ4n) is 4.37. The van der Waals surface area contributed by atoms with Gasteiger partial charge in [-0.1, -0.05) is 6.07 Å². The molecule has 6 nitrogen and oxygen atoms in total. The van der Waals surface area contributed by atoms with E-state index in [9.17, 15) is 4.79 Å². The van der Waals surface area contributed by atoms with Gasteiger partial charge in [-0.05, 0) is 75.0 Å². The first-order valence-electron chi connectivity index (χ1n) is 10.8. The van der Waals surface area contributed by atoms with E-state index < -0.39 is 0 Å². The number of rotatable bonds is 7. The minimum atomic E-state index is -0.104. The predicted octanol–water partition coefficient (Wildman–Crippen LogP) is 4.28. The van der Waals surface area contributed by atoms with Crippen molar-refractivity contribution in [2.24, 2.45) is 0 Å². The molecule has 0 saturated carbocycles. The molecule has 3 rings (SSSR count). The molecule has 1 amide bonds. The van der Waals surface area contributed by atoms with Crippen LogP contribution < -0.4 is 19.5 Å². The number of hydrogen-bond acceptors (Lipinski definition) is 5. The first kappa shape index (κ1) is 22.9. The SMILES string of the molecule is COc1cc(OC)cc(C(=O)N[C@H]2CCCN([C@@H](C)c3ccc(OC)c(C)c3C)C2)c1. The Morgan fingerprint density at radius 3 is 2.32 bits per heavy atom. The molecule has 6 heteroatoms. The number of nitrogens with zero attached hydrogens (tertiary/aromatic N) is 1. The van der Waals surface area contributed by atoms with Gasteiger partial charge in [0.25, 0.3) is 5.91 Å². The zero-order valence-corrected chi connectivity index (χ0v) is 19.5. The zero-order valence-electron chi connectivity index (χ0n) is 19.5. The predicted molar refractivity (Wildman–Crippen MR) is 122 cm³/mol. The van der Waals surface area contributed by atoms with E-state index in [2.05, 4.69) is 37.1 Å². The number of carbonyl (C=O) groups excluding carboxylic acids is 1. The van der Waals surface area contributed by atoms with Crippen LogP contribution in [0.2, 0.25) is 0 Å². The monoisotopic (exact) mass is 426 g/mol. The average molecular weight is 427 g/mol. The summed E-state index contributed by atoms with van der Waals surface area (Å²) in [5, 5.41) is 3.21. The van der Waals surface area contributed by atoms with E-state index in [1.165, 1.54) is 16.7 Å². The fraction of sp³-hybridized carbons (Fsp3) is 0.480. The van der Waals surface area contributed by atoms with Crippen molar-refractivity contribution < 1.29 is 19.0 Å². The van der Waals surface area contributed by atoms with Crippen LogP contribution in [-0.4, -0.2) is 51.3 Å². The van der Waals surface area contributed by atoms with E-state index in [1.807, 2.05) is 6.07 Å². The van der Waals surface area contributed by atoms with Crippen molar-refractivity contribution >= 4 is 5.91 Å². The Morgan fingerprint density at radius 1 is 1.03 bits per heavy atom.